The summed E-state index contributed by atoms with van der Waals surface area (Å²) in [5.41, 5.74) is -0.488. The number of hydrogen-bond acceptors (Lipinski definition) is 6. The highest BCUT2D eigenvalue weighted by Gasteiger charge is 2.71. The highest BCUT2D eigenvalue weighted by Crippen LogP contribution is 2.71. The average Bonchev–Trinajstić information content (AvgIpc) is 3.34. The Hall–Kier alpha value is -1.77. The number of aliphatic hydroxyl groups is 1. The summed E-state index contributed by atoms with van der Waals surface area (Å²) in [4.78, 5) is 38.6. The first-order valence-corrected chi connectivity index (χ1v) is 15.8. The van der Waals surface area contributed by atoms with E-state index in [0.717, 1.165) is 50.5 Å². The molecule has 1 N–H and O–H groups in total. The van der Waals surface area contributed by atoms with Crippen LogP contribution in [0.25, 0.3) is 0 Å². The molecule has 0 aromatic heterocycles. The van der Waals surface area contributed by atoms with E-state index in [1.807, 2.05) is 42.3 Å². The maximum Gasteiger partial charge on any atom is 0.362 e. The van der Waals surface area contributed by atoms with E-state index < -0.39 is 11.0 Å². The Labute approximate surface area is 246 Å². The second-order valence-electron chi connectivity index (χ2n) is 16.7. The van der Waals surface area contributed by atoms with Crippen molar-refractivity contribution in [2.45, 2.75) is 76.9 Å². The lowest BCUT2D eigenvalue weighted by Crippen LogP contribution is -2.62. The van der Waals surface area contributed by atoms with E-state index in [0.29, 0.717) is 40.3 Å². The molecule has 230 valence electrons. The van der Waals surface area contributed by atoms with Crippen LogP contribution in [0.5, 0.6) is 0 Å². The number of esters is 2. The lowest BCUT2D eigenvalue weighted by Gasteiger charge is -2.63. The van der Waals surface area contributed by atoms with Gasteiger partial charge in [0.1, 0.15) is 19.3 Å². The minimum atomic E-state index is -0.972. The molecule has 4 fully saturated rings. The first kappa shape index (κ1) is 30.7. The molecule has 0 saturated heterocycles. The maximum atomic E-state index is 13.9. The van der Waals surface area contributed by atoms with Gasteiger partial charge in [0.2, 0.25) is 0 Å². The Bertz CT molecular complexity index is 1120. The summed E-state index contributed by atoms with van der Waals surface area (Å²) in [7, 11) is 12.1. The Morgan fingerprint density at radius 2 is 1.66 bits per heavy atom. The number of rotatable bonds is 7. The number of ether oxygens (including phenoxy) is 2. The average molecular weight is 575 g/mol. The highest BCUT2D eigenvalue weighted by atomic mass is 16.5. The summed E-state index contributed by atoms with van der Waals surface area (Å²) < 4.78 is 12.4. The van der Waals surface area contributed by atoms with Crippen molar-refractivity contribution in [3.8, 4) is 0 Å². The van der Waals surface area contributed by atoms with Gasteiger partial charge >= 0.3 is 11.9 Å². The molecule has 5 rings (SSSR count). The summed E-state index contributed by atoms with van der Waals surface area (Å²) in [6.45, 7) is 5.61. The van der Waals surface area contributed by atoms with Crippen molar-refractivity contribution in [1.82, 2.24) is 0 Å². The van der Waals surface area contributed by atoms with Crippen molar-refractivity contribution in [3.63, 3.8) is 0 Å². The molecule has 1 aliphatic heterocycles. The van der Waals surface area contributed by atoms with Crippen molar-refractivity contribution in [2.24, 2.45) is 40.4 Å². The molecule has 0 bridgehead atoms. The quantitative estimate of drug-likeness (QED) is 0.371. The summed E-state index contributed by atoms with van der Waals surface area (Å²) in [5, 5.41) is 12.9. The highest BCUT2D eigenvalue weighted by molar-refractivity contribution is 5.87. The minimum Gasteiger partial charge on any atom is -0.458 e. The summed E-state index contributed by atoms with van der Waals surface area (Å²) >= 11 is 0. The predicted molar refractivity (Wildman–Crippen MR) is 155 cm³/mol. The van der Waals surface area contributed by atoms with Crippen molar-refractivity contribution >= 4 is 17.7 Å². The largest absolute Gasteiger partial charge is 0.458 e. The third-order valence-electron chi connectivity index (χ3n) is 11.9. The van der Waals surface area contributed by atoms with Crippen LogP contribution < -0.4 is 0 Å². The van der Waals surface area contributed by atoms with E-state index >= 15 is 0 Å². The number of ketones is 1. The van der Waals surface area contributed by atoms with Gasteiger partial charge in [-0.1, -0.05) is 13.8 Å². The predicted octanol–water partition coefficient (Wildman–Crippen LogP) is 3.36. The Morgan fingerprint density at radius 1 is 0.976 bits per heavy atom. The van der Waals surface area contributed by atoms with Gasteiger partial charge in [-0.05, 0) is 80.1 Å². The van der Waals surface area contributed by atoms with Crippen LogP contribution in [-0.2, 0) is 23.9 Å². The second kappa shape index (κ2) is 10.2. The van der Waals surface area contributed by atoms with Gasteiger partial charge in [0.25, 0.3) is 0 Å². The van der Waals surface area contributed by atoms with E-state index in [9.17, 15) is 19.5 Å². The van der Waals surface area contributed by atoms with Gasteiger partial charge in [-0.2, -0.15) is 0 Å². The van der Waals surface area contributed by atoms with Crippen molar-refractivity contribution in [1.29, 1.82) is 0 Å². The molecule has 5 aliphatic rings. The van der Waals surface area contributed by atoms with Crippen molar-refractivity contribution < 1.29 is 37.9 Å². The molecule has 8 nitrogen and oxygen atoms in total. The molecule has 1 heterocycles. The summed E-state index contributed by atoms with van der Waals surface area (Å²) in [6.07, 6.45) is 8.57. The fourth-order valence-corrected chi connectivity index (χ4v) is 10.1. The van der Waals surface area contributed by atoms with Gasteiger partial charge in [-0.3, -0.25) is 4.79 Å². The number of likely N-dealkylation sites (N-methyl/N-ethyl adjacent to an activating group) is 2. The molecule has 0 radical (unpaired) electrons. The molecule has 0 aromatic carbocycles. The number of hydrogen-bond donors (Lipinski definition) is 1. The molecule has 0 spiro atoms. The van der Waals surface area contributed by atoms with Crippen LogP contribution in [0.4, 0.5) is 0 Å². The first-order chi connectivity index (χ1) is 18.9. The van der Waals surface area contributed by atoms with Crippen molar-refractivity contribution in [3.05, 3.63) is 11.6 Å². The minimum absolute atomic E-state index is 0.0270. The van der Waals surface area contributed by atoms with Gasteiger partial charge in [-0.25, -0.2) is 9.59 Å². The number of Topliss-reactive ketones (excluding diaryl/α,β-unsaturated/α-hetero) is 1. The fraction of sp³-hybridized carbons (Fsp3) is 0.848. The Balaban J connectivity index is 1.40. The van der Waals surface area contributed by atoms with Crippen molar-refractivity contribution in [2.75, 3.05) is 62.0 Å². The molecule has 0 amide bonds. The number of carbonyl (C=O) groups is 3. The Morgan fingerprint density at radius 3 is 2.27 bits per heavy atom. The van der Waals surface area contributed by atoms with Gasteiger partial charge in [0.05, 0.1) is 47.9 Å². The molecular weight excluding hydrogens is 520 g/mol. The van der Waals surface area contributed by atoms with Crippen LogP contribution in [0.1, 0.15) is 65.2 Å². The van der Waals surface area contributed by atoms with Crippen LogP contribution in [0.2, 0.25) is 0 Å². The molecule has 0 unspecified atom stereocenters. The van der Waals surface area contributed by atoms with Crippen LogP contribution in [0.15, 0.2) is 11.6 Å². The zero-order valence-corrected chi connectivity index (χ0v) is 26.7. The second-order valence-corrected chi connectivity index (χ2v) is 16.7. The topological polar surface area (TPSA) is 89.9 Å². The number of fused-ring (bicyclic) bond motifs is 5. The molecular formula is C33H54N2O6+2. The normalized spacial score (nSPS) is 42.5. The smallest absolute Gasteiger partial charge is 0.362 e. The maximum absolute atomic E-state index is 13.9. The molecule has 4 saturated carbocycles. The Kier molecular flexibility index (Phi) is 7.60. The van der Waals surface area contributed by atoms with Gasteiger partial charge in [0, 0.05) is 23.3 Å². The molecule has 9 atom stereocenters. The van der Waals surface area contributed by atoms with Gasteiger partial charge in [0.15, 0.2) is 12.3 Å². The third kappa shape index (κ3) is 5.42. The van der Waals surface area contributed by atoms with Crippen LogP contribution >= 0.6 is 0 Å². The molecule has 41 heavy (non-hydrogen) atoms. The zero-order valence-electron chi connectivity index (χ0n) is 26.7. The lowest BCUT2D eigenvalue weighted by atomic mass is 9.43. The van der Waals surface area contributed by atoms with E-state index in [1.54, 1.807) is 6.08 Å². The van der Waals surface area contributed by atoms with E-state index in [4.69, 9.17) is 9.47 Å². The zero-order chi connectivity index (χ0) is 30.2. The first-order valence-electron chi connectivity index (χ1n) is 15.8. The van der Waals surface area contributed by atoms with E-state index in [1.165, 1.54) is 0 Å². The molecule has 4 aliphatic carbocycles. The fourth-order valence-electron chi connectivity index (χ4n) is 10.1. The van der Waals surface area contributed by atoms with E-state index in [-0.39, 0.29) is 53.6 Å². The van der Waals surface area contributed by atoms with Gasteiger partial charge in [-0.15, -0.1) is 0 Å². The SMILES string of the molecule is C[C@]12CC[C@H](OC(=O)C[N+](C)(C)C)C[C@@H]1CC[C@H]1[C@H]2CC[C@]2(C)[C@H](C3=CC(=O)OC3)[C@@H](C(=O)C[N+](C)(C)C)C[C@]12O. The number of carbonyl (C=O) groups excluding carboxylic acids is 3. The third-order valence-corrected chi connectivity index (χ3v) is 11.9. The number of cyclic esters (lactones) is 1. The summed E-state index contributed by atoms with van der Waals surface area (Å²) in [5.74, 6) is 0.173. The molecule has 0 aromatic rings. The number of nitrogens with zero attached hydrogens (tertiary/aromatic N) is 2. The van der Waals surface area contributed by atoms with Crippen LogP contribution in [0, 0.1) is 40.4 Å². The monoisotopic (exact) mass is 574 g/mol. The lowest BCUT2D eigenvalue weighted by molar-refractivity contribution is -0.862. The number of quaternary nitrogens is 2. The standard InChI is InChI=1S/C33H54N2O6/c1-31-13-11-23(41-29(38)19-35(6,7)8)16-22(31)9-10-26-25(31)12-14-32(2)30(21-15-28(37)40-20-21)24(17-33(26,32)39)27(36)18-34(3,4)5/h15,22-26,30,39H,9-14,16-20H2,1-8H3/q+2/t22-,23-,24+,25+,26-,30+,31-,32+,33-/m0/s1. The summed E-state index contributed by atoms with van der Waals surface area (Å²) in [6, 6.07) is 0. The van der Waals surface area contributed by atoms with Crippen LogP contribution in [-0.4, -0.2) is 105 Å². The van der Waals surface area contributed by atoms with E-state index in [2.05, 4.69) is 13.8 Å². The van der Waals surface area contributed by atoms with Crippen LogP contribution in [0.3, 0.4) is 0 Å². The van der Waals surface area contributed by atoms with Gasteiger partial charge < -0.3 is 23.5 Å². The molecule has 8 heteroatoms.